The maximum absolute atomic E-state index is 12.0. The molecule has 0 aromatic rings. The van der Waals surface area contributed by atoms with Gasteiger partial charge in [0, 0.05) is 19.9 Å². The second kappa shape index (κ2) is 9.14. The van der Waals surface area contributed by atoms with Crippen molar-refractivity contribution in [2.24, 2.45) is 40.4 Å². The molecule has 0 unspecified atom stereocenters. The lowest BCUT2D eigenvalue weighted by atomic mass is 9.47. The number of carbonyl (C=O) groups is 2. The number of amides is 1. The van der Waals surface area contributed by atoms with Gasteiger partial charge in [-0.05, 0) is 98.2 Å². The Morgan fingerprint density at radius 2 is 1.84 bits per heavy atom. The van der Waals surface area contributed by atoms with Gasteiger partial charge in [-0.1, -0.05) is 39.3 Å². The normalized spacial score (nSPS) is 41.5. The molecule has 0 bridgehead atoms. The summed E-state index contributed by atoms with van der Waals surface area (Å²) in [7, 11) is 0. The minimum atomic E-state index is -0.129. The number of fused-ring (bicyclic) bond motifs is 5. The fourth-order valence-corrected chi connectivity index (χ4v) is 8.52. The Kier molecular flexibility index (Phi) is 6.81. The van der Waals surface area contributed by atoms with Crippen molar-refractivity contribution in [3.8, 4) is 0 Å². The van der Waals surface area contributed by atoms with Gasteiger partial charge < -0.3 is 10.1 Å². The second-order valence-electron chi connectivity index (χ2n) is 12.0. The van der Waals surface area contributed by atoms with Gasteiger partial charge in [0.05, 0.1) is 0 Å². The van der Waals surface area contributed by atoms with Gasteiger partial charge in [0.1, 0.15) is 6.10 Å². The molecule has 4 heteroatoms. The van der Waals surface area contributed by atoms with Crippen molar-refractivity contribution in [2.75, 3.05) is 6.54 Å². The predicted molar refractivity (Wildman–Crippen MR) is 128 cm³/mol. The number of ether oxygens (including phenoxy) is 1. The molecule has 0 aliphatic heterocycles. The molecule has 1 amide bonds. The van der Waals surface area contributed by atoms with Crippen LogP contribution < -0.4 is 5.32 Å². The lowest BCUT2D eigenvalue weighted by Gasteiger charge is -2.58. The maximum atomic E-state index is 12.0. The lowest BCUT2D eigenvalue weighted by Crippen LogP contribution is -2.50. The molecule has 32 heavy (non-hydrogen) atoms. The Morgan fingerprint density at radius 3 is 2.56 bits per heavy atom. The molecule has 8 atom stereocenters. The fraction of sp³-hybridized carbons (Fsp3) is 0.857. The molecule has 3 fully saturated rings. The molecule has 3 saturated carbocycles. The highest BCUT2D eigenvalue weighted by Crippen LogP contribution is 2.66. The van der Waals surface area contributed by atoms with Gasteiger partial charge in [0.25, 0.3) is 0 Å². The molecule has 4 aliphatic carbocycles. The van der Waals surface area contributed by atoms with Gasteiger partial charge in [-0.25, -0.2) is 0 Å². The third-order valence-electron chi connectivity index (χ3n) is 10.2. The van der Waals surface area contributed by atoms with Crippen LogP contribution in [0.25, 0.3) is 0 Å². The van der Waals surface area contributed by atoms with E-state index in [1.54, 1.807) is 12.5 Å². The summed E-state index contributed by atoms with van der Waals surface area (Å²) in [6.45, 7) is 11.9. The minimum Gasteiger partial charge on any atom is -0.463 e. The summed E-state index contributed by atoms with van der Waals surface area (Å²) in [5.41, 5.74) is 2.50. The van der Waals surface area contributed by atoms with Crippen molar-refractivity contribution in [3.63, 3.8) is 0 Å². The van der Waals surface area contributed by atoms with E-state index < -0.39 is 0 Å². The largest absolute Gasteiger partial charge is 0.463 e. The first-order valence-electron chi connectivity index (χ1n) is 13.3. The van der Waals surface area contributed by atoms with E-state index in [-0.39, 0.29) is 18.0 Å². The van der Waals surface area contributed by atoms with E-state index in [0.29, 0.717) is 46.8 Å². The summed E-state index contributed by atoms with van der Waals surface area (Å²) < 4.78 is 5.61. The standard InChI is InChI=1S/C28H45NO3/c1-6-7-26(31)29-17-18(2)23-10-11-24-22-9-8-20-16-21(32-19(3)30)12-14-27(20,4)25(22)13-15-28(23,24)5/h9,18,20-21,23-25H,6-8,10-17H2,1-5H3,(H,29,31)/t18-,20+,21+,23-,24+,25+,27+,28-/m1/s1. The Bertz CT molecular complexity index is 760. The molecule has 4 aliphatic rings. The number of esters is 1. The van der Waals surface area contributed by atoms with Gasteiger partial charge in [-0.2, -0.15) is 0 Å². The highest BCUT2D eigenvalue weighted by Gasteiger charge is 2.58. The summed E-state index contributed by atoms with van der Waals surface area (Å²) >= 11 is 0. The van der Waals surface area contributed by atoms with E-state index in [1.807, 2.05) is 0 Å². The van der Waals surface area contributed by atoms with Crippen molar-refractivity contribution in [1.29, 1.82) is 0 Å². The number of carbonyl (C=O) groups excluding carboxylic acids is 2. The molecule has 180 valence electrons. The molecule has 0 spiro atoms. The molecule has 0 aromatic carbocycles. The number of hydrogen-bond donors (Lipinski definition) is 1. The van der Waals surface area contributed by atoms with E-state index in [2.05, 4.69) is 39.1 Å². The van der Waals surface area contributed by atoms with Crippen LogP contribution in [0.2, 0.25) is 0 Å². The van der Waals surface area contributed by atoms with Gasteiger partial charge in [0.15, 0.2) is 0 Å². The average Bonchev–Trinajstić information content (AvgIpc) is 3.09. The number of nitrogens with one attached hydrogen (secondary N) is 1. The zero-order valence-corrected chi connectivity index (χ0v) is 21.0. The van der Waals surface area contributed by atoms with Crippen LogP contribution in [0.15, 0.2) is 11.6 Å². The van der Waals surface area contributed by atoms with Crippen LogP contribution in [0.5, 0.6) is 0 Å². The Hall–Kier alpha value is -1.32. The number of allylic oxidation sites excluding steroid dienone is 2. The van der Waals surface area contributed by atoms with E-state index in [4.69, 9.17) is 4.74 Å². The first-order valence-corrected chi connectivity index (χ1v) is 13.3. The first kappa shape index (κ1) is 23.8. The highest BCUT2D eigenvalue weighted by molar-refractivity contribution is 5.75. The molecule has 1 N–H and O–H groups in total. The van der Waals surface area contributed by atoms with Crippen molar-refractivity contribution in [1.82, 2.24) is 5.32 Å². The predicted octanol–water partition coefficient (Wildman–Crippen LogP) is 6.05. The second-order valence-corrected chi connectivity index (χ2v) is 12.0. The van der Waals surface area contributed by atoms with Gasteiger partial charge in [0.2, 0.25) is 5.91 Å². The number of rotatable bonds is 6. The third-order valence-corrected chi connectivity index (χ3v) is 10.2. The van der Waals surface area contributed by atoms with E-state index in [1.165, 1.54) is 32.1 Å². The minimum absolute atomic E-state index is 0.119. The van der Waals surface area contributed by atoms with Crippen molar-refractivity contribution < 1.29 is 14.3 Å². The van der Waals surface area contributed by atoms with Crippen LogP contribution >= 0.6 is 0 Å². The summed E-state index contributed by atoms with van der Waals surface area (Å²) in [6, 6.07) is 0. The van der Waals surface area contributed by atoms with Crippen LogP contribution in [0.1, 0.15) is 98.8 Å². The zero-order chi connectivity index (χ0) is 23.1. The SMILES string of the molecule is CCCC(=O)NC[C@@H](C)[C@H]1CC[C@H]2C3=CC[C@H]4C[C@@H](OC(C)=O)CC[C@]4(C)[C@H]3CC[C@]12C. The quantitative estimate of drug-likeness (QED) is 0.402. The fourth-order valence-electron chi connectivity index (χ4n) is 8.52. The smallest absolute Gasteiger partial charge is 0.302 e. The summed E-state index contributed by atoms with van der Waals surface area (Å²) in [5.74, 6) is 3.37. The maximum Gasteiger partial charge on any atom is 0.302 e. The van der Waals surface area contributed by atoms with Crippen molar-refractivity contribution in [2.45, 2.75) is 105 Å². The van der Waals surface area contributed by atoms with Crippen LogP contribution in [0.3, 0.4) is 0 Å². The number of hydrogen-bond acceptors (Lipinski definition) is 3. The van der Waals surface area contributed by atoms with Crippen LogP contribution in [-0.2, 0) is 14.3 Å². The zero-order valence-electron chi connectivity index (χ0n) is 21.0. The summed E-state index contributed by atoms with van der Waals surface area (Å²) in [4.78, 5) is 23.5. The Balaban J connectivity index is 1.46. The summed E-state index contributed by atoms with van der Waals surface area (Å²) in [6.07, 6.45) is 13.9. The molecule has 4 nitrogen and oxygen atoms in total. The van der Waals surface area contributed by atoms with Crippen LogP contribution in [-0.4, -0.2) is 24.5 Å². The first-order chi connectivity index (χ1) is 15.2. The average molecular weight is 444 g/mol. The Morgan fingerprint density at radius 1 is 1.12 bits per heavy atom. The molecular formula is C28H45NO3. The van der Waals surface area contributed by atoms with E-state index in [9.17, 15) is 9.59 Å². The highest BCUT2D eigenvalue weighted by atomic mass is 16.5. The van der Waals surface area contributed by atoms with Crippen molar-refractivity contribution in [3.05, 3.63) is 11.6 Å². The lowest BCUT2D eigenvalue weighted by molar-refractivity contribution is -0.152. The van der Waals surface area contributed by atoms with Gasteiger partial charge in [-0.15, -0.1) is 0 Å². The topological polar surface area (TPSA) is 55.4 Å². The van der Waals surface area contributed by atoms with Gasteiger partial charge >= 0.3 is 5.97 Å². The molecule has 0 saturated heterocycles. The molecule has 4 rings (SSSR count). The molecular weight excluding hydrogens is 398 g/mol. The molecule has 0 radical (unpaired) electrons. The molecule has 0 aromatic heterocycles. The van der Waals surface area contributed by atoms with Gasteiger partial charge in [-0.3, -0.25) is 9.59 Å². The van der Waals surface area contributed by atoms with Crippen LogP contribution in [0, 0.1) is 40.4 Å². The van der Waals surface area contributed by atoms with Crippen molar-refractivity contribution >= 4 is 11.9 Å². The Labute approximate surface area is 195 Å². The molecule has 0 heterocycles. The monoisotopic (exact) mass is 443 g/mol. The van der Waals surface area contributed by atoms with Crippen LogP contribution in [0.4, 0.5) is 0 Å². The third kappa shape index (κ3) is 4.16. The van der Waals surface area contributed by atoms with E-state index >= 15 is 0 Å². The summed E-state index contributed by atoms with van der Waals surface area (Å²) in [5, 5.41) is 3.20. The van der Waals surface area contributed by atoms with E-state index in [0.717, 1.165) is 32.2 Å².